The Hall–Kier alpha value is -2.81. The number of nitrogens with one attached hydrogen (secondary N) is 4. The smallest absolute Gasteiger partial charge is 0.302 e. The molecule has 0 radical (unpaired) electrons. The third-order valence-electron chi connectivity index (χ3n) is 5.03. The van der Waals surface area contributed by atoms with Crippen LogP contribution >= 0.6 is 0 Å². The minimum absolute atomic E-state index is 0.0160. The number of anilines is 2. The Morgan fingerprint density at radius 2 is 1.81 bits per heavy atom. The SMILES string of the molecule is FC(F)(F)c1[nH]ncc1-c1nc2ccc3c(c2c2c1CCCC2)NNN3. The molecule has 3 heterocycles. The van der Waals surface area contributed by atoms with Crippen molar-refractivity contribution in [3.63, 3.8) is 0 Å². The number of hydrogen-bond donors (Lipinski definition) is 4. The number of benzene rings is 1. The normalized spacial score (nSPS) is 16.1. The lowest BCUT2D eigenvalue weighted by atomic mass is 9.85. The number of pyridine rings is 1. The highest BCUT2D eigenvalue weighted by molar-refractivity contribution is 6.03. The molecule has 2 aromatic heterocycles. The number of H-pyrrole nitrogens is 1. The van der Waals surface area contributed by atoms with Crippen molar-refractivity contribution < 1.29 is 13.2 Å². The molecule has 2 aliphatic rings. The molecule has 0 saturated heterocycles. The third-order valence-corrected chi connectivity index (χ3v) is 5.03. The van der Waals surface area contributed by atoms with Crippen LogP contribution in [0, 0.1) is 0 Å². The van der Waals surface area contributed by atoms with E-state index in [1.807, 2.05) is 12.1 Å². The molecular formula is C17H15F3N6. The van der Waals surface area contributed by atoms with E-state index in [0.717, 1.165) is 47.2 Å². The van der Waals surface area contributed by atoms with Crippen molar-refractivity contribution in [1.82, 2.24) is 20.7 Å². The van der Waals surface area contributed by atoms with Crippen molar-refractivity contribution in [1.29, 1.82) is 0 Å². The van der Waals surface area contributed by atoms with Crippen molar-refractivity contribution in [3.8, 4) is 11.3 Å². The molecule has 0 unspecified atom stereocenters. The van der Waals surface area contributed by atoms with Crippen LogP contribution in [0.2, 0.25) is 0 Å². The molecule has 0 fully saturated rings. The lowest BCUT2D eigenvalue weighted by Crippen LogP contribution is -2.19. The first-order valence-electron chi connectivity index (χ1n) is 8.40. The zero-order valence-electron chi connectivity index (χ0n) is 13.6. The lowest BCUT2D eigenvalue weighted by Gasteiger charge is -2.22. The molecule has 3 aromatic rings. The van der Waals surface area contributed by atoms with Gasteiger partial charge in [-0.15, -0.1) is 5.53 Å². The van der Waals surface area contributed by atoms with Crippen LogP contribution in [0.25, 0.3) is 22.2 Å². The van der Waals surface area contributed by atoms with Gasteiger partial charge in [-0.1, -0.05) is 0 Å². The van der Waals surface area contributed by atoms with E-state index >= 15 is 0 Å². The number of hydrogen-bond acceptors (Lipinski definition) is 5. The van der Waals surface area contributed by atoms with Crippen LogP contribution in [0.1, 0.15) is 29.7 Å². The van der Waals surface area contributed by atoms with Crippen molar-refractivity contribution >= 4 is 22.3 Å². The molecule has 0 bridgehead atoms. The highest BCUT2D eigenvalue weighted by Crippen LogP contribution is 2.43. The van der Waals surface area contributed by atoms with Crippen molar-refractivity contribution in [2.45, 2.75) is 31.9 Å². The zero-order valence-corrected chi connectivity index (χ0v) is 13.6. The van der Waals surface area contributed by atoms with E-state index in [0.29, 0.717) is 17.6 Å². The second-order valence-electron chi connectivity index (χ2n) is 6.54. The highest BCUT2D eigenvalue weighted by atomic mass is 19.4. The molecule has 5 rings (SSSR count). The van der Waals surface area contributed by atoms with Gasteiger partial charge in [0.2, 0.25) is 0 Å². The molecule has 0 spiro atoms. The van der Waals surface area contributed by atoms with Crippen LogP contribution in [0.3, 0.4) is 0 Å². The van der Waals surface area contributed by atoms with Gasteiger partial charge >= 0.3 is 6.18 Å². The second kappa shape index (κ2) is 5.34. The molecule has 1 aromatic carbocycles. The summed E-state index contributed by atoms with van der Waals surface area (Å²) in [5.74, 6) is 0. The van der Waals surface area contributed by atoms with Crippen LogP contribution in [-0.4, -0.2) is 15.2 Å². The fourth-order valence-electron chi connectivity index (χ4n) is 3.92. The highest BCUT2D eigenvalue weighted by Gasteiger charge is 2.37. The van der Waals surface area contributed by atoms with Gasteiger partial charge < -0.3 is 10.9 Å². The summed E-state index contributed by atoms with van der Waals surface area (Å²) in [7, 11) is 0. The molecule has 0 amide bonds. The molecule has 0 saturated carbocycles. The minimum atomic E-state index is -4.50. The summed E-state index contributed by atoms with van der Waals surface area (Å²) in [6, 6.07) is 3.69. The first kappa shape index (κ1) is 15.4. The fourth-order valence-corrected chi connectivity index (χ4v) is 3.92. The summed E-state index contributed by atoms with van der Waals surface area (Å²) >= 11 is 0. The first-order chi connectivity index (χ1) is 12.5. The third kappa shape index (κ3) is 2.16. The number of aryl methyl sites for hydroxylation is 1. The van der Waals surface area contributed by atoms with Crippen molar-refractivity contribution in [2.24, 2.45) is 0 Å². The van der Waals surface area contributed by atoms with Crippen LogP contribution in [0.15, 0.2) is 18.3 Å². The van der Waals surface area contributed by atoms with Gasteiger partial charge in [-0.05, 0) is 48.9 Å². The number of aromatic nitrogens is 3. The van der Waals surface area contributed by atoms with Gasteiger partial charge in [0.25, 0.3) is 0 Å². The molecule has 26 heavy (non-hydrogen) atoms. The van der Waals surface area contributed by atoms with Gasteiger partial charge in [0.15, 0.2) is 0 Å². The van der Waals surface area contributed by atoms with E-state index in [-0.39, 0.29) is 5.56 Å². The average Bonchev–Trinajstić information content (AvgIpc) is 3.29. The van der Waals surface area contributed by atoms with Gasteiger partial charge in [-0.3, -0.25) is 5.10 Å². The quantitative estimate of drug-likeness (QED) is 0.531. The molecule has 6 nitrogen and oxygen atoms in total. The summed E-state index contributed by atoms with van der Waals surface area (Å²) in [6.45, 7) is 0. The van der Waals surface area contributed by atoms with E-state index in [2.05, 4.69) is 31.6 Å². The Balaban J connectivity index is 1.83. The first-order valence-corrected chi connectivity index (χ1v) is 8.40. The van der Waals surface area contributed by atoms with E-state index in [1.54, 1.807) is 0 Å². The Morgan fingerprint density at radius 3 is 2.62 bits per heavy atom. The molecule has 9 heteroatoms. The van der Waals surface area contributed by atoms with Gasteiger partial charge in [-0.25, -0.2) is 4.98 Å². The van der Waals surface area contributed by atoms with Gasteiger partial charge in [0, 0.05) is 5.39 Å². The van der Waals surface area contributed by atoms with Crippen molar-refractivity contribution in [2.75, 3.05) is 10.9 Å². The summed E-state index contributed by atoms with van der Waals surface area (Å²) in [4.78, 5) is 4.63. The van der Waals surface area contributed by atoms with Crippen LogP contribution in [0.5, 0.6) is 0 Å². The number of hydrazine groups is 2. The largest absolute Gasteiger partial charge is 0.433 e. The van der Waals surface area contributed by atoms with Crippen molar-refractivity contribution in [3.05, 3.63) is 35.2 Å². The summed E-state index contributed by atoms with van der Waals surface area (Å²) < 4.78 is 40.1. The summed E-state index contributed by atoms with van der Waals surface area (Å²) in [6.07, 6.45) is 0.191. The zero-order chi connectivity index (χ0) is 17.9. The topological polar surface area (TPSA) is 77.7 Å². The van der Waals surface area contributed by atoms with E-state index in [1.165, 1.54) is 6.20 Å². The maximum absolute atomic E-state index is 13.4. The Bertz CT molecular complexity index is 1020. The molecule has 0 atom stereocenters. The number of alkyl halides is 3. The summed E-state index contributed by atoms with van der Waals surface area (Å²) in [5, 5.41) is 6.70. The molecule has 4 N–H and O–H groups in total. The minimum Gasteiger partial charge on any atom is -0.302 e. The Labute approximate surface area is 146 Å². The van der Waals surface area contributed by atoms with Gasteiger partial charge in [-0.2, -0.15) is 18.3 Å². The van der Waals surface area contributed by atoms with Crippen LogP contribution in [0.4, 0.5) is 24.5 Å². The number of aromatic amines is 1. The van der Waals surface area contributed by atoms with Gasteiger partial charge in [0.05, 0.1) is 34.3 Å². The van der Waals surface area contributed by atoms with Crippen LogP contribution < -0.4 is 16.4 Å². The standard InChI is InChI=1S/C17H15F3N6/c18-17(19,20)16-10(7-21-25-16)14-9-4-2-1-3-8(9)13-11(22-14)5-6-12-15(13)24-26-23-12/h5-7,23-24,26H,1-4H2,(H,21,25). The number of nitrogens with zero attached hydrogens (tertiary/aromatic N) is 2. The predicted octanol–water partition coefficient (Wildman–Crippen LogP) is 3.78. The Kier molecular flexibility index (Phi) is 3.17. The van der Waals surface area contributed by atoms with Gasteiger partial charge in [0.1, 0.15) is 5.69 Å². The fraction of sp³-hybridized carbons (Fsp3) is 0.294. The predicted molar refractivity (Wildman–Crippen MR) is 91.3 cm³/mol. The number of rotatable bonds is 1. The van der Waals surface area contributed by atoms with E-state index in [4.69, 9.17) is 0 Å². The average molecular weight is 360 g/mol. The monoisotopic (exact) mass is 360 g/mol. The van der Waals surface area contributed by atoms with E-state index in [9.17, 15) is 13.2 Å². The van der Waals surface area contributed by atoms with E-state index < -0.39 is 11.9 Å². The molecule has 134 valence electrons. The number of halogens is 3. The Morgan fingerprint density at radius 1 is 1.00 bits per heavy atom. The lowest BCUT2D eigenvalue weighted by molar-refractivity contribution is -0.140. The molecule has 1 aliphatic heterocycles. The summed E-state index contributed by atoms with van der Waals surface area (Å²) in [5.41, 5.74) is 12.9. The molecule has 1 aliphatic carbocycles. The number of fused-ring (bicyclic) bond motifs is 5. The molecular weight excluding hydrogens is 345 g/mol. The maximum Gasteiger partial charge on any atom is 0.433 e. The van der Waals surface area contributed by atoms with Crippen LogP contribution in [-0.2, 0) is 19.0 Å². The second-order valence-corrected chi connectivity index (χ2v) is 6.54. The maximum atomic E-state index is 13.4.